The lowest BCUT2D eigenvalue weighted by atomic mass is 10.1. The average molecular weight is 368 g/mol. The molecule has 1 aromatic heterocycles. The van der Waals surface area contributed by atoms with Gasteiger partial charge in [0.15, 0.2) is 0 Å². The number of hydrogen-bond donors (Lipinski definition) is 0. The van der Waals surface area contributed by atoms with Gasteiger partial charge in [-0.3, -0.25) is 9.69 Å². The van der Waals surface area contributed by atoms with Gasteiger partial charge in [-0.05, 0) is 30.7 Å². The summed E-state index contributed by atoms with van der Waals surface area (Å²) in [5.74, 6) is 0.0644. The van der Waals surface area contributed by atoms with Crippen molar-refractivity contribution in [3.63, 3.8) is 0 Å². The van der Waals surface area contributed by atoms with Crippen LogP contribution in [0.25, 0.3) is 0 Å². The van der Waals surface area contributed by atoms with Crippen LogP contribution in [0.5, 0.6) is 5.88 Å². The Morgan fingerprint density at radius 2 is 2.30 bits per heavy atom. The Hall–Kier alpha value is -2.98. The SMILES string of the molecule is CN(Cc1cc(C#N)ccc1F)C(=O)CN1CCC(Oc2ccccn2)C1. The van der Waals surface area contributed by atoms with Gasteiger partial charge in [0.2, 0.25) is 11.8 Å². The molecule has 1 unspecified atom stereocenters. The molecule has 1 aromatic carbocycles. The van der Waals surface area contributed by atoms with Gasteiger partial charge in [0.1, 0.15) is 11.9 Å². The number of nitriles is 1. The number of hydrogen-bond acceptors (Lipinski definition) is 5. The normalized spacial score (nSPS) is 16.7. The minimum Gasteiger partial charge on any atom is -0.473 e. The van der Waals surface area contributed by atoms with Crippen molar-refractivity contribution in [2.75, 3.05) is 26.7 Å². The molecule has 1 aliphatic heterocycles. The fraction of sp³-hybridized carbons (Fsp3) is 0.350. The van der Waals surface area contributed by atoms with E-state index in [4.69, 9.17) is 10.00 Å². The van der Waals surface area contributed by atoms with E-state index in [-0.39, 0.29) is 25.1 Å². The lowest BCUT2D eigenvalue weighted by Gasteiger charge is -2.22. The van der Waals surface area contributed by atoms with Crippen molar-refractivity contribution in [1.29, 1.82) is 5.26 Å². The van der Waals surface area contributed by atoms with E-state index in [1.807, 2.05) is 29.2 Å². The monoisotopic (exact) mass is 368 g/mol. The second kappa shape index (κ2) is 8.60. The highest BCUT2D eigenvalue weighted by Crippen LogP contribution is 2.17. The largest absolute Gasteiger partial charge is 0.473 e. The summed E-state index contributed by atoms with van der Waals surface area (Å²) in [7, 11) is 1.64. The van der Waals surface area contributed by atoms with Crippen LogP contribution in [0.4, 0.5) is 4.39 Å². The predicted octanol–water partition coefficient (Wildman–Crippen LogP) is 2.20. The van der Waals surface area contributed by atoms with Crippen LogP contribution >= 0.6 is 0 Å². The van der Waals surface area contributed by atoms with Crippen LogP contribution in [0.15, 0.2) is 42.6 Å². The topological polar surface area (TPSA) is 69.5 Å². The average Bonchev–Trinajstić information content (AvgIpc) is 3.11. The van der Waals surface area contributed by atoms with Crippen molar-refractivity contribution in [1.82, 2.24) is 14.8 Å². The molecule has 140 valence electrons. The van der Waals surface area contributed by atoms with Crippen molar-refractivity contribution in [3.05, 3.63) is 59.5 Å². The highest BCUT2D eigenvalue weighted by Gasteiger charge is 2.26. The van der Waals surface area contributed by atoms with Crippen LogP contribution in [0, 0.1) is 17.1 Å². The lowest BCUT2D eigenvalue weighted by Crippen LogP contribution is -2.38. The van der Waals surface area contributed by atoms with Crippen LogP contribution < -0.4 is 4.74 Å². The summed E-state index contributed by atoms with van der Waals surface area (Å²) in [4.78, 5) is 20.1. The Morgan fingerprint density at radius 3 is 3.04 bits per heavy atom. The third-order valence-corrected chi connectivity index (χ3v) is 4.52. The number of aromatic nitrogens is 1. The first-order valence-electron chi connectivity index (χ1n) is 8.77. The second-order valence-electron chi connectivity index (χ2n) is 6.60. The van der Waals surface area contributed by atoms with Gasteiger partial charge in [-0.2, -0.15) is 5.26 Å². The van der Waals surface area contributed by atoms with Gasteiger partial charge in [-0.1, -0.05) is 6.07 Å². The molecule has 6 nitrogen and oxygen atoms in total. The summed E-state index contributed by atoms with van der Waals surface area (Å²) >= 11 is 0. The number of carbonyl (C=O) groups excluding carboxylic acids is 1. The summed E-state index contributed by atoms with van der Waals surface area (Å²) < 4.78 is 19.7. The first kappa shape index (κ1) is 18.8. The maximum atomic E-state index is 13.9. The zero-order valence-corrected chi connectivity index (χ0v) is 15.1. The number of pyridine rings is 1. The van der Waals surface area contributed by atoms with Crippen LogP contribution in [-0.4, -0.2) is 53.5 Å². The lowest BCUT2D eigenvalue weighted by molar-refractivity contribution is -0.131. The third kappa shape index (κ3) is 5.02. The maximum absolute atomic E-state index is 13.9. The Balaban J connectivity index is 1.51. The van der Waals surface area contributed by atoms with Gasteiger partial charge in [-0.25, -0.2) is 9.37 Å². The van der Waals surface area contributed by atoms with Crippen LogP contribution in [-0.2, 0) is 11.3 Å². The van der Waals surface area contributed by atoms with E-state index in [0.29, 0.717) is 23.6 Å². The van der Waals surface area contributed by atoms with Gasteiger partial charge in [0.05, 0.1) is 18.2 Å². The molecular formula is C20H21FN4O2. The molecule has 0 bridgehead atoms. The summed E-state index contributed by atoms with van der Waals surface area (Å²) in [6, 6.07) is 11.7. The van der Waals surface area contributed by atoms with Gasteiger partial charge < -0.3 is 9.64 Å². The Bertz CT molecular complexity index is 838. The number of likely N-dealkylation sites (tertiary alicyclic amines) is 1. The van der Waals surface area contributed by atoms with Gasteiger partial charge >= 0.3 is 0 Å². The van der Waals surface area contributed by atoms with E-state index in [1.165, 1.54) is 23.1 Å². The molecule has 2 heterocycles. The minimum atomic E-state index is -0.418. The van der Waals surface area contributed by atoms with Crippen LogP contribution in [0.3, 0.4) is 0 Å². The standard InChI is InChI=1S/C20H21FN4O2/c1-24(12-16-10-15(11-22)5-6-18(16)21)20(26)14-25-9-7-17(13-25)27-19-4-2-3-8-23-19/h2-6,8,10,17H,7,9,12-14H2,1H3. The van der Waals surface area contributed by atoms with Crippen LogP contribution in [0.2, 0.25) is 0 Å². The number of amides is 1. The summed E-state index contributed by atoms with van der Waals surface area (Å²) in [5.41, 5.74) is 0.712. The third-order valence-electron chi connectivity index (χ3n) is 4.52. The Labute approximate surface area is 157 Å². The highest BCUT2D eigenvalue weighted by molar-refractivity contribution is 5.78. The molecule has 1 aliphatic rings. The van der Waals surface area contributed by atoms with E-state index in [2.05, 4.69) is 4.98 Å². The number of carbonyl (C=O) groups is 1. The Morgan fingerprint density at radius 1 is 1.44 bits per heavy atom. The molecule has 0 aliphatic carbocycles. The van der Waals surface area contributed by atoms with Gasteiger partial charge in [-0.15, -0.1) is 0 Å². The number of ether oxygens (including phenoxy) is 1. The van der Waals surface area contributed by atoms with Crippen molar-refractivity contribution < 1.29 is 13.9 Å². The summed E-state index contributed by atoms with van der Waals surface area (Å²) in [5, 5.41) is 8.94. The number of benzene rings is 1. The highest BCUT2D eigenvalue weighted by atomic mass is 19.1. The number of nitrogens with zero attached hydrogens (tertiary/aromatic N) is 4. The molecule has 1 fully saturated rings. The van der Waals surface area contributed by atoms with E-state index in [1.54, 1.807) is 13.2 Å². The smallest absolute Gasteiger partial charge is 0.236 e. The molecule has 1 saturated heterocycles. The van der Waals surface area contributed by atoms with E-state index < -0.39 is 5.82 Å². The van der Waals surface area contributed by atoms with Gasteiger partial charge in [0.25, 0.3) is 0 Å². The van der Waals surface area contributed by atoms with E-state index in [9.17, 15) is 9.18 Å². The number of likely N-dealkylation sites (N-methyl/N-ethyl adjacent to an activating group) is 1. The predicted molar refractivity (Wildman–Crippen MR) is 97.3 cm³/mol. The number of rotatable bonds is 6. The first-order chi connectivity index (χ1) is 13.0. The van der Waals surface area contributed by atoms with Crippen molar-refractivity contribution in [2.24, 2.45) is 0 Å². The fourth-order valence-corrected chi connectivity index (χ4v) is 3.05. The summed E-state index contributed by atoms with van der Waals surface area (Å²) in [6.45, 7) is 1.78. The van der Waals surface area contributed by atoms with Crippen molar-refractivity contribution in [2.45, 2.75) is 19.1 Å². The first-order valence-corrected chi connectivity index (χ1v) is 8.77. The molecule has 3 rings (SSSR count). The Kier molecular flexibility index (Phi) is 5.99. The molecule has 0 N–H and O–H groups in total. The van der Waals surface area contributed by atoms with E-state index >= 15 is 0 Å². The minimum absolute atomic E-state index is 0.00256. The molecule has 27 heavy (non-hydrogen) atoms. The molecule has 2 aromatic rings. The molecule has 0 radical (unpaired) electrons. The van der Waals surface area contributed by atoms with Crippen LogP contribution in [0.1, 0.15) is 17.5 Å². The van der Waals surface area contributed by atoms with E-state index in [0.717, 1.165) is 13.0 Å². The molecule has 7 heteroatoms. The number of halogens is 1. The quantitative estimate of drug-likeness (QED) is 0.782. The second-order valence-corrected chi connectivity index (χ2v) is 6.60. The maximum Gasteiger partial charge on any atom is 0.236 e. The molecule has 1 atom stereocenters. The molecule has 0 spiro atoms. The van der Waals surface area contributed by atoms with Gasteiger partial charge in [0, 0.05) is 44.5 Å². The fourth-order valence-electron chi connectivity index (χ4n) is 3.05. The van der Waals surface area contributed by atoms with Crippen molar-refractivity contribution in [3.8, 4) is 11.9 Å². The molecular weight excluding hydrogens is 347 g/mol. The molecule has 0 saturated carbocycles. The summed E-state index contributed by atoms with van der Waals surface area (Å²) in [6.07, 6.45) is 2.51. The van der Waals surface area contributed by atoms with Crippen molar-refractivity contribution >= 4 is 5.91 Å². The molecule has 1 amide bonds. The zero-order valence-electron chi connectivity index (χ0n) is 15.1. The zero-order chi connectivity index (χ0) is 19.2.